The number of allylic oxidation sites excluding steroid dienone is 4. The zero-order chi connectivity index (χ0) is 12.2. The van der Waals surface area contributed by atoms with E-state index < -0.39 is 0 Å². The molecule has 1 aliphatic rings. The first kappa shape index (κ1) is 11.1. The average molecular weight is 230 g/mol. The van der Waals surface area contributed by atoms with Gasteiger partial charge in [-0.1, -0.05) is 95.3 Å². The molecule has 18 heavy (non-hydrogen) atoms. The minimum absolute atomic E-state index is 0.367. The molecule has 2 aromatic carbocycles. The van der Waals surface area contributed by atoms with Gasteiger partial charge in [0.1, 0.15) is 0 Å². The molecular formula is C17H15B. The van der Waals surface area contributed by atoms with E-state index >= 15 is 0 Å². The lowest BCUT2D eigenvalue weighted by Gasteiger charge is -2.15. The lowest BCUT2D eigenvalue weighted by Crippen LogP contribution is -2.43. The zero-order valence-electron chi connectivity index (χ0n) is 10.3. The molecule has 0 aliphatic heterocycles. The van der Waals surface area contributed by atoms with Gasteiger partial charge in [0.05, 0.1) is 0 Å². The molecular weight excluding hydrogens is 215 g/mol. The van der Waals surface area contributed by atoms with Crippen LogP contribution in [0.2, 0.25) is 0 Å². The quantitative estimate of drug-likeness (QED) is 0.711. The first-order chi connectivity index (χ1) is 8.95. The molecule has 0 nitrogen and oxygen atoms in total. The molecule has 0 bridgehead atoms. The average Bonchev–Trinajstić information content (AvgIpc) is 2.95. The highest BCUT2D eigenvalue weighted by Crippen LogP contribution is 2.13. The molecule has 0 atom stereocenters. The summed E-state index contributed by atoms with van der Waals surface area (Å²) in [6.45, 7) is 0.367. The van der Waals surface area contributed by atoms with Gasteiger partial charge in [0.2, 0.25) is 6.71 Å². The maximum Gasteiger partial charge on any atom is 0.240 e. The van der Waals surface area contributed by atoms with Crippen LogP contribution in [0.25, 0.3) is 0 Å². The highest BCUT2D eigenvalue weighted by atomic mass is 14.0. The summed E-state index contributed by atoms with van der Waals surface area (Å²) in [6.07, 6.45) is 7.87. The third kappa shape index (κ3) is 2.17. The molecule has 0 fully saturated rings. The number of hydrogen-bond donors (Lipinski definition) is 0. The van der Waals surface area contributed by atoms with Crippen LogP contribution < -0.4 is 10.9 Å². The van der Waals surface area contributed by atoms with Gasteiger partial charge in [0.25, 0.3) is 0 Å². The second-order valence-corrected chi connectivity index (χ2v) is 4.60. The van der Waals surface area contributed by atoms with E-state index in [9.17, 15) is 0 Å². The molecule has 86 valence electrons. The van der Waals surface area contributed by atoms with Gasteiger partial charge >= 0.3 is 0 Å². The lowest BCUT2D eigenvalue weighted by molar-refractivity contribution is 1.45. The molecule has 1 heteroatoms. The van der Waals surface area contributed by atoms with E-state index in [2.05, 4.69) is 78.9 Å². The Morgan fingerprint density at radius 2 is 1.28 bits per heavy atom. The zero-order valence-corrected chi connectivity index (χ0v) is 10.3. The van der Waals surface area contributed by atoms with Crippen LogP contribution in [0, 0.1) is 0 Å². The van der Waals surface area contributed by atoms with Gasteiger partial charge in [-0.2, -0.15) is 0 Å². The Balaban J connectivity index is 2.07. The fourth-order valence-electron chi connectivity index (χ4n) is 2.56. The Kier molecular flexibility index (Phi) is 3.14. The highest BCUT2D eigenvalue weighted by molar-refractivity contribution is 6.91. The maximum absolute atomic E-state index is 2.32. The molecule has 2 aromatic rings. The van der Waals surface area contributed by atoms with Crippen LogP contribution in [0.15, 0.2) is 84.4 Å². The van der Waals surface area contributed by atoms with Gasteiger partial charge in [0, 0.05) is 0 Å². The van der Waals surface area contributed by atoms with Crippen LogP contribution in [0.3, 0.4) is 0 Å². The van der Waals surface area contributed by atoms with Gasteiger partial charge < -0.3 is 0 Å². The standard InChI is InChI=1S/C17H15B/c1-3-9-15(10-4-1)18(17-13-7-8-14-17)16-11-5-2-6-12-16/h1-7,9-14H,8H2. The fourth-order valence-corrected chi connectivity index (χ4v) is 2.56. The predicted octanol–water partition coefficient (Wildman–Crippen LogP) is 2.72. The molecule has 0 unspecified atom stereocenters. The summed E-state index contributed by atoms with van der Waals surface area (Å²) < 4.78 is 0. The molecule has 0 amide bonds. The van der Waals surface area contributed by atoms with Crippen molar-refractivity contribution in [2.75, 3.05) is 0 Å². The summed E-state index contributed by atoms with van der Waals surface area (Å²) in [5.41, 5.74) is 4.13. The van der Waals surface area contributed by atoms with Crippen molar-refractivity contribution in [2.24, 2.45) is 0 Å². The number of benzene rings is 2. The maximum atomic E-state index is 2.32. The van der Waals surface area contributed by atoms with Crippen molar-refractivity contribution in [2.45, 2.75) is 6.42 Å². The van der Waals surface area contributed by atoms with Crippen LogP contribution >= 0.6 is 0 Å². The van der Waals surface area contributed by atoms with Crippen molar-refractivity contribution >= 4 is 17.6 Å². The monoisotopic (exact) mass is 230 g/mol. The second-order valence-electron chi connectivity index (χ2n) is 4.60. The molecule has 0 heterocycles. The molecule has 0 saturated carbocycles. The van der Waals surface area contributed by atoms with E-state index in [-0.39, 0.29) is 0 Å². The lowest BCUT2D eigenvalue weighted by atomic mass is 9.36. The number of rotatable bonds is 3. The Bertz CT molecular complexity index is 528. The second kappa shape index (κ2) is 5.09. The third-order valence-corrected chi connectivity index (χ3v) is 3.40. The summed E-state index contributed by atoms with van der Waals surface area (Å²) in [6, 6.07) is 21.5. The molecule has 0 spiro atoms. The number of hydrogen-bond acceptors (Lipinski definition) is 0. The van der Waals surface area contributed by atoms with Gasteiger partial charge in [-0.3, -0.25) is 0 Å². The predicted molar refractivity (Wildman–Crippen MR) is 79.7 cm³/mol. The van der Waals surface area contributed by atoms with E-state index in [1.54, 1.807) is 0 Å². The summed E-state index contributed by atoms with van der Waals surface area (Å²) in [4.78, 5) is 0. The Morgan fingerprint density at radius 1 is 0.722 bits per heavy atom. The molecule has 3 rings (SSSR count). The molecule has 1 aliphatic carbocycles. The Hall–Kier alpha value is -2.02. The van der Waals surface area contributed by atoms with E-state index in [0.29, 0.717) is 6.71 Å². The van der Waals surface area contributed by atoms with Crippen LogP contribution in [-0.2, 0) is 0 Å². The van der Waals surface area contributed by atoms with Gasteiger partial charge in [-0.05, 0) is 6.42 Å². The van der Waals surface area contributed by atoms with Crippen molar-refractivity contribution < 1.29 is 0 Å². The van der Waals surface area contributed by atoms with Gasteiger partial charge in [-0.25, -0.2) is 0 Å². The summed E-state index contributed by atoms with van der Waals surface area (Å²) in [5.74, 6) is 0. The van der Waals surface area contributed by atoms with E-state index in [4.69, 9.17) is 0 Å². The Morgan fingerprint density at radius 3 is 1.72 bits per heavy atom. The molecule has 0 aromatic heterocycles. The van der Waals surface area contributed by atoms with E-state index in [1.165, 1.54) is 16.4 Å². The van der Waals surface area contributed by atoms with E-state index in [0.717, 1.165) is 6.42 Å². The first-order valence-corrected chi connectivity index (χ1v) is 6.41. The van der Waals surface area contributed by atoms with Crippen LogP contribution in [0.5, 0.6) is 0 Å². The van der Waals surface area contributed by atoms with Gasteiger partial charge in [-0.15, -0.1) is 0 Å². The van der Waals surface area contributed by atoms with Crippen LogP contribution in [0.4, 0.5) is 0 Å². The molecule has 0 N–H and O–H groups in total. The van der Waals surface area contributed by atoms with Gasteiger partial charge in [0.15, 0.2) is 0 Å². The minimum atomic E-state index is 0.367. The molecule has 0 saturated heterocycles. The van der Waals surface area contributed by atoms with Crippen LogP contribution in [-0.4, -0.2) is 6.71 Å². The van der Waals surface area contributed by atoms with Crippen molar-refractivity contribution in [3.63, 3.8) is 0 Å². The third-order valence-electron chi connectivity index (χ3n) is 3.40. The fraction of sp³-hybridized carbons (Fsp3) is 0.0588. The highest BCUT2D eigenvalue weighted by Gasteiger charge is 2.22. The van der Waals surface area contributed by atoms with Crippen molar-refractivity contribution in [1.29, 1.82) is 0 Å². The summed E-state index contributed by atoms with van der Waals surface area (Å²) in [5, 5.41) is 0. The first-order valence-electron chi connectivity index (χ1n) is 6.41. The topological polar surface area (TPSA) is 0 Å². The Labute approximate surface area is 109 Å². The largest absolute Gasteiger partial charge is 0.240 e. The normalized spacial score (nSPS) is 13.4. The van der Waals surface area contributed by atoms with Crippen molar-refractivity contribution in [3.05, 3.63) is 84.4 Å². The minimum Gasteiger partial charge on any atom is -0.0854 e. The van der Waals surface area contributed by atoms with E-state index in [1.807, 2.05) is 0 Å². The smallest absolute Gasteiger partial charge is 0.0854 e. The SMILES string of the molecule is C1=CC(B(c2ccccc2)c2ccccc2)=CC1. The van der Waals surface area contributed by atoms with Crippen LogP contribution in [0.1, 0.15) is 6.42 Å². The van der Waals surface area contributed by atoms with Crippen molar-refractivity contribution in [1.82, 2.24) is 0 Å². The summed E-state index contributed by atoms with van der Waals surface area (Å²) >= 11 is 0. The van der Waals surface area contributed by atoms with Crippen molar-refractivity contribution in [3.8, 4) is 0 Å². The summed E-state index contributed by atoms with van der Waals surface area (Å²) in [7, 11) is 0. The molecule has 0 radical (unpaired) electrons.